The minimum atomic E-state index is -1.87. The molecule has 3 heterocycles. The molecular formula is C11H9F2N5O2. The largest absolute Gasteiger partial charge is 0.386 e. The molecule has 0 unspecified atom stereocenters. The summed E-state index contributed by atoms with van der Waals surface area (Å²) in [5.41, 5.74) is 5.46. The predicted octanol–water partition coefficient (Wildman–Crippen LogP) is 0.113. The number of aromatic nitrogens is 3. The molecule has 0 amide bonds. The van der Waals surface area contributed by atoms with E-state index < -0.39 is 30.3 Å². The zero-order valence-corrected chi connectivity index (χ0v) is 9.94. The molecule has 2 aromatic rings. The second-order valence-corrected chi connectivity index (χ2v) is 4.36. The number of nitrogen functional groups attached to an aromatic ring is 1. The van der Waals surface area contributed by atoms with Crippen LogP contribution in [-0.4, -0.2) is 38.1 Å². The Bertz CT molecular complexity index is 713. The van der Waals surface area contributed by atoms with Crippen LogP contribution in [0.25, 0.3) is 5.52 Å². The van der Waals surface area contributed by atoms with E-state index in [0.717, 1.165) is 16.9 Å². The Morgan fingerprint density at radius 3 is 2.95 bits per heavy atom. The fourth-order valence-electron chi connectivity index (χ4n) is 2.25. The molecule has 1 aliphatic heterocycles. The smallest absolute Gasteiger partial charge is 0.173 e. The van der Waals surface area contributed by atoms with Crippen molar-refractivity contribution >= 4 is 11.3 Å². The summed E-state index contributed by atoms with van der Waals surface area (Å²) in [6.07, 6.45) is -5.00. The lowest BCUT2D eigenvalue weighted by Crippen LogP contribution is -2.26. The molecule has 1 saturated heterocycles. The summed E-state index contributed by atoms with van der Waals surface area (Å²) in [4.78, 5) is 3.64. The van der Waals surface area contributed by atoms with E-state index in [1.54, 1.807) is 6.07 Å². The molecule has 4 atom stereocenters. The lowest BCUT2D eigenvalue weighted by molar-refractivity contribution is 0.0396. The Labute approximate surface area is 111 Å². The molecule has 0 saturated carbocycles. The van der Waals surface area contributed by atoms with E-state index in [4.69, 9.17) is 15.7 Å². The number of nitrogens with two attached hydrogens (primary N) is 1. The van der Waals surface area contributed by atoms with Crippen LogP contribution in [0.1, 0.15) is 11.8 Å². The van der Waals surface area contributed by atoms with Gasteiger partial charge in [0.25, 0.3) is 0 Å². The first-order valence-corrected chi connectivity index (χ1v) is 5.69. The van der Waals surface area contributed by atoms with E-state index in [1.807, 2.05) is 0 Å². The number of ether oxygens (including phenoxy) is 1. The van der Waals surface area contributed by atoms with Crippen LogP contribution in [0, 0.1) is 17.1 Å². The molecule has 3 rings (SSSR count). The van der Waals surface area contributed by atoms with Gasteiger partial charge in [0.2, 0.25) is 0 Å². The summed E-state index contributed by atoms with van der Waals surface area (Å²) >= 11 is 0. The molecule has 0 bridgehead atoms. The van der Waals surface area contributed by atoms with Gasteiger partial charge < -0.3 is 15.6 Å². The first-order chi connectivity index (χ1) is 9.54. The van der Waals surface area contributed by atoms with Crippen molar-refractivity contribution in [3.8, 4) is 6.07 Å². The summed E-state index contributed by atoms with van der Waals surface area (Å²) in [7, 11) is 0. The van der Waals surface area contributed by atoms with Gasteiger partial charge in [0.1, 0.15) is 24.1 Å². The number of nitriles is 1. The van der Waals surface area contributed by atoms with Crippen LogP contribution >= 0.6 is 0 Å². The standard InChI is InChI=1S/C11H9F2N5O2/c12-4-1-5(18-8(4)11(15)16-3-17-18)10-7(13)9(19)6(2-14)20-10/h1,3,6-7,9-10,19H,(H2,15,16,17)/t6-,7-,9-,10+/m1/s1. The molecule has 0 spiro atoms. The summed E-state index contributed by atoms with van der Waals surface area (Å²) in [5, 5.41) is 22.1. The first-order valence-electron chi connectivity index (χ1n) is 5.69. The second kappa shape index (κ2) is 4.36. The molecule has 3 N–H and O–H groups in total. The van der Waals surface area contributed by atoms with Gasteiger partial charge in [-0.3, -0.25) is 0 Å². The molecule has 9 heteroatoms. The van der Waals surface area contributed by atoms with Crippen LogP contribution in [0.5, 0.6) is 0 Å². The van der Waals surface area contributed by atoms with Gasteiger partial charge in [-0.2, -0.15) is 10.4 Å². The number of fused-ring (bicyclic) bond motifs is 1. The maximum atomic E-state index is 14.0. The molecule has 0 radical (unpaired) electrons. The summed E-state index contributed by atoms with van der Waals surface area (Å²) < 4.78 is 34.0. The summed E-state index contributed by atoms with van der Waals surface area (Å²) in [6.45, 7) is 0. The van der Waals surface area contributed by atoms with Crippen LogP contribution in [0.4, 0.5) is 14.6 Å². The average Bonchev–Trinajstić information content (AvgIpc) is 2.90. The topological polar surface area (TPSA) is 109 Å². The maximum absolute atomic E-state index is 14.0. The van der Waals surface area contributed by atoms with Gasteiger partial charge in [-0.15, -0.1) is 0 Å². The molecule has 0 aromatic carbocycles. The third kappa shape index (κ3) is 1.62. The van der Waals surface area contributed by atoms with E-state index in [-0.39, 0.29) is 17.0 Å². The van der Waals surface area contributed by atoms with E-state index in [0.29, 0.717) is 0 Å². The van der Waals surface area contributed by atoms with E-state index >= 15 is 0 Å². The van der Waals surface area contributed by atoms with Crippen LogP contribution in [0.2, 0.25) is 0 Å². The zero-order chi connectivity index (χ0) is 14.4. The summed E-state index contributed by atoms with van der Waals surface area (Å²) in [5.74, 6) is -0.835. The average molecular weight is 281 g/mol. The number of hydrogen-bond donors (Lipinski definition) is 2. The van der Waals surface area contributed by atoms with Crippen molar-refractivity contribution in [1.82, 2.24) is 14.6 Å². The predicted molar refractivity (Wildman–Crippen MR) is 61.5 cm³/mol. The van der Waals surface area contributed by atoms with Crippen LogP contribution < -0.4 is 5.73 Å². The first kappa shape index (κ1) is 12.7. The highest BCUT2D eigenvalue weighted by molar-refractivity contribution is 5.66. The van der Waals surface area contributed by atoms with Crippen molar-refractivity contribution in [2.75, 3.05) is 5.73 Å². The van der Waals surface area contributed by atoms with Crippen molar-refractivity contribution < 1.29 is 18.6 Å². The second-order valence-electron chi connectivity index (χ2n) is 4.36. The normalized spacial score (nSPS) is 29.7. The number of halogens is 2. The van der Waals surface area contributed by atoms with E-state index in [2.05, 4.69) is 10.1 Å². The van der Waals surface area contributed by atoms with Crippen LogP contribution in [0.15, 0.2) is 12.4 Å². The number of anilines is 1. The van der Waals surface area contributed by atoms with Gasteiger partial charge in [0.15, 0.2) is 23.9 Å². The molecule has 0 aliphatic carbocycles. The molecule has 20 heavy (non-hydrogen) atoms. The molecule has 104 valence electrons. The highest BCUT2D eigenvalue weighted by Crippen LogP contribution is 2.37. The Kier molecular flexibility index (Phi) is 2.77. The third-order valence-electron chi connectivity index (χ3n) is 3.20. The van der Waals surface area contributed by atoms with Crippen molar-refractivity contribution in [1.29, 1.82) is 5.26 Å². The monoisotopic (exact) mass is 281 g/mol. The van der Waals surface area contributed by atoms with Gasteiger partial charge in [0.05, 0.1) is 11.8 Å². The van der Waals surface area contributed by atoms with Gasteiger partial charge >= 0.3 is 0 Å². The zero-order valence-electron chi connectivity index (χ0n) is 9.94. The van der Waals surface area contributed by atoms with E-state index in [1.165, 1.54) is 0 Å². The quantitative estimate of drug-likeness (QED) is 0.768. The van der Waals surface area contributed by atoms with Gasteiger partial charge in [-0.05, 0) is 0 Å². The van der Waals surface area contributed by atoms with Gasteiger partial charge in [0, 0.05) is 6.07 Å². The number of aliphatic hydroxyl groups excluding tert-OH is 1. The third-order valence-corrected chi connectivity index (χ3v) is 3.20. The number of hydrogen-bond acceptors (Lipinski definition) is 6. The van der Waals surface area contributed by atoms with Crippen molar-refractivity contribution in [3.63, 3.8) is 0 Å². The minimum Gasteiger partial charge on any atom is -0.386 e. The number of rotatable bonds is 1. The molecule has 1 aliphatic rings. The Morgan fingerprint density at radius 2 is 2.30 bits per heavy atom. The van der Waals surface area contributed by atoms with Gasteiger partial charge in [-0.25, -0.2) is 18.3 Å². The number of alkyl halides is 1. The van der Waals surface area contributed by atoms with Crippen molar-refractivity contribution in [2.24, 2.45) is 0 Å². The Balaban J connectivity index is 2.13. The summed E-state index contributed by atoms with van der Waals surface area (Å²) in [6, 6.07) is 2.64. The lowest BCUT2D eigenvalue weighted by atomic mass is 10.1. The Hall–Kier alpha value is -2.31. The Morgan fingerprint density at radius 1 is 1.55 bits per heavy atom. The highest BCUT2D eigenvalue weighted by Gasteiger charge is 2.46. The SMILES string of the molecule is N#C[C@H]1O[C@@H](c2cc(F)c3c(N)ncnn23)[C@H](F)[C@@H]1O. The van der Waals surface area contributed by atoms with Crippen molar-refractivity contribution in [2.45, 2.75) is 24.5 Å². The number of nitrogens with zero attached hydrogens (tertiary/aromatic N) is 4. The molecule has 2 aromatic heterocycles. The fraction of sp³-hybridized carbons (Fsp3) is 0.364. The lowest BCUT2D eigenvalue weighted by Gasteiger charge is -2.12. The van der Waals surface area contributed by atoms with Gasteiger partial charge in [-0.1, -0.05) is 0 Å². The van der Waals surface area contributed by atoms with E-state index in [9.17, 15) is 13.9 Å². The fourth-order valence-corrected chi connectivity index (χ4v) is 2.25. The van der Waals surface area contributed by atoms with Crippen LogP contribution in [0.3, 0.4) is 0 Å². The van der Waals surface area contributed by atoms with Crippen LogP contribution in [-0.2, 0) is 4.74 Å². The van der Waals surface area contributed by atoms with Crippen molar-refractivity contribution in [3.05, 3.63) is 23.9 Å². The highest BCUT2D eigenvalue weighted by atomic mass is 19.1. The molecular weight excluding hydrogens is 272 g/mol. The molecule has 1 fully saturated rings. The maximum Gasteiger partial charge on any atom is 0.173 e. The number of aliphatic hydroxyl groups is 1. The molecule has 7 nitrogen and oxygen atoms in total. The minimum absolute atomic E-state index is 0.0240.